The first kappa shape index (κ1) is 18.9. The molecule has 1 N–H and O–H groups in total. The number of amides is 1. The Hall–Kier alpha value is -1.88. The van der Waals surface area contributed by atoms with Crippen LogP contribution in [0, 0.1) is 5.92 Å². The number of aliphatic carboxylic acids is 1. The Labute approximate surface area is 155 Å². The number of ether oxygens (including phenoxy) is 1. The maximum absolute atomic E-state index is 12.5. The number of carboxylic acids is 1. The SMILES string of the molecule is C[C@H]1CCC[C@@H](OCC(=O)N2CCC(C(=O)O)(c3ccccc3)CC2)C1. The van der Waals surface area contributed by atoms with Crippen LogP contribution in [0.5, 0.6) is 0 Å². The van der Waals surface area contributed by atoms with Crippen molar-refractivity contribution in [2.75, 3.05) is 19.7 Å². The molecular formula is C21H29NO4. The Kier molecular flexibility index (Phi) is 5.97. The molecule has 0 bridgehead atoms. The van der Waals surface area contributed by atoms with Crippen LogP contribution in [0.2, 0.25) is 0 Å². The van der Waals surface area contributed by atoms with Gasteiger partial charge in [0.2, 0.25) is 5.91 Å². The highest BCUT2D eigenvalue weighted by molar-refractivity contribution is 5.83. The number of likely N-dealkylation sites (tertiary alicyclic amines) is 1. The summed E-state index contributed by atoms with van der Waals surface area (Å²) in [4.78, 5) is 26.2. The molecule has 26 heavy (non-hydrogen) atoms. The molecular weight excluding hydrogens is 330 g/mol. The van der Waals surface area contributed by atoms with Crippen molar-refractivity contribution < 1.29 is 19.4 Å². The molecule has 0 radical (unpaired) electrons. The van der Waals surface area contributed by atoms with Gasteiger partial charge in [-0.05, 0) is 37.2 Å². The van der Waals surface area contributed by atoms with Gasteiger partial charge in [0.15, 0.2) is 0 Å². The summed E-state index contributed by atoms with van der Waals surface area (Å²) in [7, 11) is 0. The maximum Gasteiger partial charge on any atom is 0.314 e. The largest absolute Gasteiger partial charge is 0.481 e. The molecule has 1 aliphatic heterocycles. The third-order valence-electron chi connectivity index (χ3n) is 6.04. The molecule has 1 aromatic rings. The Morgan fingerprint density at radius 1 is 1.19 bits per heavy atom. The van der Waals surface area contributed by atoms with Crippen molar-refractivity contribution in [3.05, 3.63) is 35.9 Å². The summed E-state index contributed by atoms with van der Waals surface area (Å²) in [6.07, 6.45) is 5.56. The van der Waals surface area contributed by atoms with Gasteiger partial charge < -0.3 is 14.7 Å². The van der Waals surface area contributed by atoms with Crippen LogP contribution in [0.4, 0.5) is 0 Å². The van der Waals surface area contributed by atoms with Crippen LogP contribution in [-0.4, -0.2) is 47.7 Å². The van der Waals surface area contributed by atoms with Crippen LogP contribution in [0.25, 0.3) is 0 Å². The molecule has 1 amide bonds. The maximum atomic E-state index is 12.5. The zero-order valence-electron chi connectivity index (χ0n) is 15.5. The van der Waals surface area contributed by atoms with E-state index in [0.29, 0.717) is 31.8 Å². The fourth-order valence-corrected chi connectivity index (χ4v) is 4.33. The van der Waals surface area contributed by atoms with E-state index in [4.69, 9.17) is 4.74 Å². The van der Waals surface area contributed by atoms with E-state index in [2.05, 4.69) is 6.92 Å². The zero-order valence-corrected chi connectivity index (χ0v) is 15.5. The Morgan fingerprint density at radius 2 is 1.88 bits per heavy atom. The number of carbonyl (C=O) groups is 2. The van der Waals surface area contributed by atoms with Crippen molar-refractivity contribution in [2.45, 2.75) is 57.0 Å². The van der Waals surface area contributed by atoms with Gasteiger partial charge in [-0.3, -0.25) is 9.59 Å². The number of piperidine rings is 1. The van der Waals surface area contributed by atoms with E-state index >= 15 is 0 Å². The second kappa shape index (κ2) is 8.21. The number of carboxylic acid groups (broad SMARTS) is 1. The predicted octanol–water partition coefficient (Wildman–Crippen LogP) is 3.23. The van der Waals surface area contributed by atoms with Crippen LogP contribution >= 0.6 is 0 Å². The van der Waals surface area contributed by atoms with E-state index in [1.807, 2.05) is 30.3 Å². The molecule has 1 aliphatic carbocycles. The summed E-state index contributed by atoms with van der Waals surface area (Å²) in [5.41, 5.74) is -0.0652. The first-order valence-electron chi connectivity index (χ1n) is 9.69. The quantitative estimate of drug-likeness (QED) is 0.876. The molecule has 1 aromatic carbocycles. The Balaban J connectivity index is 1.55. The highest BCUT2D eigenvalue weighted by atomic mass is 16.5. The van der Waals surface area contributed by atoms with Gasteiger partial charge in [-0.15, -0.1) is 0 Å². The van der Waals surface area contributed by atoms with Gasteiger partial charge >= 0.3 is 5.97 Å². The number of hydrogen-bond donors (Lipinski definition) is 1. The van der Waals surface area contributed by atoms with E-state index in [9.17, 15) is 14.7 Å². The Morgan fingerprint density at radius 3 is 2.50 bits per heavy atom. The van der Waals surface area contributed by atoms with E-state index in [0.717, 1.165) is 18.4 Å². The lowest BCUT2D eigenvalue weighted by Crippen LogP contribution is -2.50. The molecule has 2 atom stereocenters. The van der Waals surface area contributed by atoms with E-state index in [-0.39, 0.29) is 18.6 Å². The first-order chi connectivity index (χ1) is 12.5. The fourth-order valence-electron chi connectivity index (χ4n) is 4.33. The van der Waals surface area contributed by atoms with Crippen LogP contribution < -0.4 is 0 Å². The second-order valence-corrected chi connectivity index (χ2v) is 7.84. The fraction of sp³-hybridized carbons (Fsp3) is 0.619. The molecule has 5 nitrogen and oxygen atoms in total. The molecule has 3 rings (SSSR count). The molecule has 5 heteroatoms. The lowest BCUT2D eigenvalue weighted by atomic mass is 9.73. The van der Waals surface area contributed by atoms with Crippen LogP contribution in [0.15, 0.2) is 30.3 Å². The normalized spacial score (nSPS) is 25.7. The topological polar surface area (TPSA) is 66.8 Å². The summed E-state index contributed by atoms with van der Waals surface area (Å²) >= 11 is 0. The van der Waals surface area contributed by atoms with Crippen molar-refractivity contribution in [1.82, 2.24) is 4.90 Å². The molecule has 0 spiro atoms. The van der Waals surface area contributed by atoms with Crippen molar-refractivity contribution in [2.24, 2.45) is 5.92 Å². The van der Waals surface area contributed by atoms with Crippen molar-refractivity contribution in [1.29, 1.82) is 0 Å². The predicted molar refractivity (Wildman–Crippen MR) is 98.9 cm³/mol. The van der Waals surface area contributed by atoms with Crippen LogP contribution in [0.1, 0.15) is 51.0 Å². The molecule has 142 valence electrons. The van der Waals surface area contributed by atoms with Gasteiger partial charge in [-0.25, -0.2) is 0 Å². The summed E-state index contributed by atoms with van der Waals surface area (Å²) < 4.78 is 5.84. The van der Waals surface area contributed by atoms with Gasteiger partial charge in [0, 0.05) is 13.1 Å². The van der Waals surface area contributed by atoms with E-state index in [1.54, 1.807) is 4.90 Å². The summed E-state index contributed by atoms with van der Waals surface area (Å²) in [5.74, 6) is -0.153. The minimum Gasteiger partial charge on any atom is -0.481 e. The average molecular weight is 359 g/mol. The molecule has 2 aliphatic rings. The number of benzene rings is 1. The van der Waals surface area contributed by atoms with E-state index in [1.165, 1.54) is 12.8 Å². The van der Waals surface area contributed by atoms with Gasteiger partial charge in [0.25, 0.3) is 0 Å². The minimum atomic E-state index is -0.891. The van der Waals surface area contributed by atoms with Crippen molar-refractivity contribution >= 4 is 11.9 Å². The van der Waals surface area contributed by atoms with Gasteiger partial charge in [0.1, 0.15) is 6.61 Å². The Bertz CT molecular complexity index is 622. The lowest BCUT2D eigenvalue weighted by Gasteiger charge is -2.39. The molecule has 1 heterocycles. The lowest BCUT2D eigenvalue weighted by molar-refractivity contribution is -0.150. The summed E-state index contributed by atoms with van der Waals surface area (Å²) in [5, 5.41) is 9.84. The molecule has 0 unspecified atom stereocenters. The number of rotatable bonds is 5. The molecule has 1 saturated carbocycles. The van der Waals surface area contributed by atoms with E-state index < -0.39 is 11.4 Å². The zero-order chi connectivity index (χ0) is 18.6. The number of nitrogens with zero attached hydrogens (tertiary/aromatic N) is 1. The number of carbonyl (C=O) groups excluding carboxylic acids is 1. The average Bonchev–Trinajstić information content (AvgIpc) is 2.67. The monoisotopic (exact) mass is 359 g/mol. The summed E-state index contributed by atoms with van der Waals surface area (Å²) in [6, 6.07) is 9.38. The standard InChI is InChI=1S/C21H29NO4/c1-16-6-5-9-18(14-16)26-15-19(23)22-12-10-21(11-13-22,20(24)25)17-7-3-2-4-8-17/h2-4,7-8,16,18H,5-6,9-15H2,1H3,(H,24,25)/t16-,18+/m0/s1. The molecule has 2 fully saturated rings. The highest BCUT2D eigenvalue weighted by Crippen LogP contribution is 2.36. The van der Waals surface area contributed by atoms with Crippen LogP contribution in [-0.2, 0) is 19.7 Å². The molecule has 1 saturated heterocycles. The molecule has 0 aromatic heterocycles. The minimum absolute atomic E-state index is 0.0183. The first-order valence-corrected chi connectivity index (χ1v) is 9.69. The number of hydrogen-bond acceptors (Lipinski definition) is 3. The van der Waals surface area contributed by atoms with Crippen LogP contribution in [0.3, 0.4) is 0 Å². The van der Waals surface area contributed by atoms with Crippen molar-refractivity contribution in [3.63, 3.8) is 0 Å². The highest BCUT2D eigenvalue weighted by Gasteiger charge is 2.43. The third-order valence-corrected chi connectivity index (χ3v) is 6.04. The second-order valence-electron chi connectivity index (χ2n) is 7.84. The van der Waals surface area contributed by atoms with Gasteiger partial charge in [-0.1, -0.05) is 50.1 Å². The third kappa shape index (κ3) is 4.09. The van der Waals surface area contributed by atoms with Gasteiger partial charge in [0.05, 0.1) is 11.5 Å². The van der Waals surface area contributed by atoms with Crippen molar-refractivity contribution in [3.8, 4) is 0 Å². The summed E-state index contributed by atoms with van der Waals surface area (Å²) in [6.45, 7) is 3.27. The van der Waals surface area contributed by atoms with Gasteiger partial charge in [-0.2, -0.15) is 0 Å². The smallest absolute Gasteiger partial charge is 0.314 e.